The zero-order chi connectivity index (χ0) is 12.5. The molecule has 1 heterocycles. The Morgan fingerprint density at radius 2 is 1.94 bits per heavy atom. The van der Waals surface area contributed by atoms with Crippen LogP contribution < -0.4 is 24.0 Å². The molecular weight excluding hydrogens is 448 g/mol. The first-order chi connectivity index (χ1) is 8.03. The fourth-order valence-corrected chi connectivity index (χ4v) is 3.51. The Balaban J connectivity index is 0.00000162. The van der Waals surface area contributed by atoms with Crippen LogP contribution in [0.4, 0.5) is 0 Å². The van der Waals surface area contributed by atoms with E-state index in [1.54, 1.807) is 0 Å². The molecule has 0 aliphatic carbocycles. The van der Waals surface area contributed by atoms with Gasteiger partial charge in [-0.05, 0) is 0 Å². The summed E-state index contributed by atoms with van der Waals surface area (Å²) < 4.78 is 3.76. The van der Waals surface area contributed by atoms with Crippen molar-refractivity contribution in [2.75, 3.05) is 4.43 Å². The second-order valence-electron chi connectivity index (χ2n) is 5.66. The van der Waals surface area contributed by atoms with Crippen LogP contribution in [0.5, 0.6) is 0 Å². The van der Waals surface area contributed by atoms with Crippen molar-refractivity contribution < 1.29 is 28.6 Å². The van der Waals surface area contributed by atoms with E-state index in [0.29, 0.717) is 17.5 Å². The normalized spacial score (nSPS) is 23.1. The average Bonchev–Trinajstić information content (AvgIpc) is 2.65. The predicted molar refractivity (Wildman–Crippen MR) is 82.3 cm³/mol. The molecule has 3 heteroatoms. The molecule has 0 amide bonds. The minimum atomic E-state index is 0. The largest absolute Gasteiger partial charge is 1.00 e. The van der Waals surface area contributed by atoms with Gasteiger partial charge in [-0.3, -0.25) is 0 Å². The molecule has 0 saturated carbocycles. The molecule has 18 heavy (non-hydrogen) atoms. The van der Waals surface area contributed by atoms with Gasteiger partial charge in [-0.15, -0.1) is 0 Å². The summed E-state index contributed by atoms with van der Waals surface area (Å²) in [7, 11) is 0. The molecule has 1 aromatic carbocycles. The van der Waals surface area contributed by atoms with Crippen molar-refractivity contribution in [3.63, 3.8) is 0 Å². The highest BCUT2D eigenvalue weighted by Gasteiger charge is 2.40. The summed E-state index contributed by atoms with van der Waals surface area (Å²) in [4.78, 5) is 0. The monoisotopic (exact) mass is 469 g/mol. The van der Waals surface area contributed by atoms with Crippen molar-refractivity contribution >= 4 is 28.8 Å². The van der Waals surface area contributed by atoms with Crippen LogP contribution in [0.25, 0.3) is 0 Å². The van der Waals surface area contributed by atoms with Crippen molar-refractivity contribution in [1.29, 1.82) is 0 Å². The van der Waals surface area contributed by atoms with Crippen LogP contribution in [0.1, 0.15) is 38.8 Å². The van der Waals surface area contributed by atoms with Crippen LogP contribution in [0.2, 0.25) is 0 Å². The van der Waals surface area contributed by atoms with Crippen LogP contribution in [0, 0.1) is 5.41 Å². The van der Waals surface area contributed by atoms with Crippen molar-refractivity contribution in [3.8, 4) is 0 Å². The second kappa shape index (κ2) is 6.68. The van der Waals surface area contributed by atoms with Crippen LogP contribution in [0.3, 0.4) is 0 Å². The van der Waals surface area contributed by atoms with E-state index in [4.69, 9.17) is 0 Å². The Bertz CT molecular complexity index is 412. The van der Waals surface area contributed by atoms with Crippen molar-refractivity contribution in [2.45, 2.75) is 39.3 Å². The SMILES string of the molecule is C[C@H](c1ccccc1)[N+]1=CC(C)(C)CC1CI.[I-]. The summed E-state index contributed by atoms with van der Waals surface area (Å²) in [6.07, 6.45) is 3.71. The van der Waals surface area contributed by atoms with Crippen molar-refractivity contribution in [3.05, 3.63) is 35.9 Å². The van der Waals surface area contributed by atoms with Gasteiger partial charge >= 0.3 is 0 Å². The van der Waals surface area contributed by atoms with Crippen LogP contribution in [-0.2, 0) is 0 Å². The summed E-state index contributed by atoms with van der Waals surface area (Å²) in [5.74, 6) is 0. The smallest absolute Gasteiger partial charge is 0.175 e. The highest BCUT2D eigenvalue weighted by Crippen LogP contribution is 2.32. The number of benzene rings is 1. The van der Waals surface area contributed by atoms with Gasteiger partial charge in [0.1, 0.15) is 6.21 Å². The summed E-state index contributed by atoms with van der Waals surface area (Å²) in [6.45, 7) is 6.99. The third-order valence-electron chi connectivity index (χ3n) is 3.59. The summed E-state index contributed by atoms with van der Waals surface area (Å²) in [5.41, 5.74) is 1.76. The lowest BCUT2D eigenvalue weighted by Crippen LogP contribution is -3.00. The van der Waals surface area contributed by atoms with E-state index in [1.807, 2.05) is 0 Å². The number of halogens is 2. The average molecular weight is 469 g/mol. The zero-order valence-corrected chi connectivity index (χ0v) is 15.6. The van der Waals surface area contributed by atoms with E-state index in [0.717, 1.165) is 0 Å². The first kappa shape index (κ1) is 16.4. The van der Waals surface area contributed by atoms with E-state index in [-0.39, 0.29) is 24.0 Å². The third-order valence-corrected chi connectivity index (χ3v) is 4.61. The van der Waals surface area contributed by atoms with Gasteiger partial charge in [0.2, 0.25) is 0 Å². The van der Waals surface area contributed by atoms with Gasteiger partial charge in [0.05, 0.1) is 4.43 Å². The van der Waals surface area contributed by atoms with Gasteiger partial charge in [0, 0.05) is 24.3 Å². The number of hydrogen-bond donors (Lipinski definition) is 0. The Morgan fingerprint density at radius 3 is 2.50 bits per heavy atom. The Kier molecular flexibility index (Phi) is 6.09. The number of rotatable bonds is 3. The summed E-state index contributed by atoms with van der Waals surface area (Å²) in [5, 5.41) is 0. The molecule has 0 saturated heterocycles. The summed E-state index contributed by atoms with van der Waals surface area (Å²) in [6, 6.07) is 12.0. The van der Waals surface area contributed by atoms with Crippen LogP contribution >= 0.6 is 22.6 Å². The highest BCUT2D eigenvalue weighted by molar-refractivity contribution is 14.1. The Morgan fingerprint density at radius 1 is 1.33 bits per heavy atom. The minimum Gasteiger partial charge on any atom is -1.00 e. The molecule has 0 bridgehead atoms. The quantitative estimate of drug-likeness (QED) is 0.354. The Hall–Kier alpha value is 0.350. The number of nitrogens with zero attached hydrogens (tertiary/aromatic N) is 1. The van der Waals surface area contributed by atoms with Gasteiger partial charge in [0.15, 0.2) is 12.1 Å². The summed E-state index contributed by atoms with van der Waals surface area (Å²) >= 11 is 2.51. The first-order valence-electron chi connectivity index (χ1n) is 6.28. The molecule has 2 atom stereocenters. The minimum absolute atomic E-state index is 0. The first-order valence-corrected chi connectivity index (χ1v) is 7.80. The molecule has 2 rings (SSSR count). The third kappa shape index (κ3) is 3.68. The predicted octanol–water partition coefficient (Wildman–Crippen LogP) is 1.07. The lowest BCUT2D eigenvalue weighted by Gasteiger charge is -2.15. The van der Waals surface area contributed by atoms with E-state index >= 15 is 0 Å². The van der Waals surface area contributed by atoms with E-state index in [2.05, 4.69) is 84.5 Å². The maximum atomic E-state index is 2.56. The zero-order valence-electron chi connectivity index (χ0n) is 11.2. The number of alkyl halides is 1. The maximum absolute atomic E-state index is 2.56. The molecule has 1 aliphatic heterocycles. The Labute approximate surface area is 141 Å². The van der Waals surface area contributed by atoms with E-state index in [1.165, 1.54) is 16.4 Å². The van der Waals surface area contributed by atoms with Crippen molar-refractivity contribution in [1.82, 2.24) is 0 Å². The van der Waals surface area contributed by atoms with Crippen LogP contribution in [-0.4, -0.2) is 21.3 Å². The van der Waals surface area contributed by atoms with Crippen molar-refractivity contribution in [2.24, 2.45) is 5.41 Å². The van der Waals surface area contributed by atoms with Gasteiger partial charge in [0.25, 0.3) is 0 Å². The fourth-order valence-electron chi connectivity index (χ4n) is 2.74. The highest BCUT2D eigenvalue weighted by atomic mass is 127. The molecule has 0 fully saturated rings. The maximum Gasteiger partial charge on any atom is 0.175 e. The molecule has 0 spiro atoms. The molecule has 1 aliphatic rings. The van der Waals surface area contributed by atoms with Crippen LogP contribution in [0.15, 0.2) is 30.3 Å². The molecular formula is C15H21I2N. The van der Waals surface area contributed by atoms with Gasteiger partial charge in [-0.2, -0.15) is 0 Å². The van der Waals surface area contributed by atoms with Gasteiger partial charge in [-0.1, -0.05) is 66.8 Å². The molecule has 0 aromatic heterocycles. The molecule has 100 valence electrons. The lowest BCUT2D eigenvalue weighted by atomic mass is 9.91. The topological polar surface area (TPSA) is 3.01 Å². The van der Waals surface area contributed by atoms with Gasteiger partial charge in [-0.25, -0.2) is 4.58 Å². The van der Waals surface area contributed by atoms with E-state index in [9.17, 15) is 0 Å². The fraction of sp³-hybridized carbons (Fsp3) is 0.533. The van der Waals surface area contributed by atoms with Gasteiger partial charge < -0.3 is 24.0 Å². The number of hydrogen-bond acceptors (Lipinski definition) is 0. The standard InChI is InChI=1S/C15H21IN.HI/c1-12(13-7-5-4-6-8-13)17-11-15(2,3)9-14(17)10-16;/h4-8,11-12,14H,9-10H2,1-3H3;1H/q+1;/p-1/t12-,14?;/m1./s1. The molecule has 1 unspecified atom stereocenters. The molecule has 1 aromatic rings. The molecule has 0 N–H and O–H groups in total. The van der Waals surface area contributed by atoms with E-state index < -0.39 is 0 Å². The lowest BCUT2D eigenvalue weighted by molar-refractivity contribution is -0.588. The molecule has 0 radical (unpaired) electrons. The molecule has 1 nitrogen and oxygen atoms in total. The second-order valence-corrected chi connectivity index (χ2v) is 6.54.